The van der Waals surface area contributed by atoms with E-state index >= 15 is 0 Å². The molecule has 2 amide bonds. The van der Waals surface area contributed by atoms with E-state index in [0.29, 0.717) is 0 Å². The third-order valence-electron chi connectivity index (χ3n) is 2.26. The van der Waals surface area contributed by atoms with Crippen molar-refractivity contribution in [3.05, 3.63) is 35.9 Å². The maximum Gasteiger partial charge on any atom is 0.414 e. The van der Waals surface area contributed by atoms with Gasteiger partial charge in [0.1, 0.15) is 12.6 Å². The SMILES string of the molecule is CC(O)C(N)C(=O)NC(=O)OCc1ccccc1. The van der Waals surface area contributed by atoms with E-state index in [1.807, 2.05) is 23.5 Å². The predicted molar refractivity (Wildman–Crippen MR) is 64.4 cm³/mol. The van der Waals surface area contributed by atoms with Crippen molar-refractivity contribution in [2.75, 3.05) is 0 Å². The molecule has 0 aliphatic carbocycles. The first-order chi connectivity index (χ1) is 8.50. The zero-order valence-electron chi connectivity index (χ0n) is 10.00. The molecule has 2 unspecified atom stereocenters. The second kappa shape index (κ2) is 6.73. The largest absolute Gasteiger partial charge is 0.444 e. The molecule has 1 aromatic carbocycles. The van der Waals surface area contributed by atoms with Gasteiger partial charge in [-0.3, -0.25) is 10.1 Å². The Hall–Kier alpha value is -1.92. The van der Waals surface area contributed by atoms with Gasteiger partial charge in [0.15, 0.2) is 0 Å². The Morgan fingerprint density at radius 1 is 1.39 bits per heavy atom. The highest BCUT2D eigenvalue weighted by Gasteiger charge is 2.21. The van der Waals surface area contributed by atoms with Crippen LogP contribution in [0.15, 0.2) is 30.3 Å². The fourth-order valence-corrected chi connectivity index (χ4v) is 1.16. The third-order valence-corrected chi connectivity index (χ3v) is 2.26. The zero-order valence-corrected chi connectivity index (χ0v) is 10.00. The van der Waals surface area contributed by atoms with Crippen LogP contribution in [-0.2, 0) is 16.1 Å². The van der Waals surface area contributed by atoms with E-state index in [-0.39, 0.29) is 6.61 Å². The first-order valence-electron chi connectivity index (χ1n) is 5.46. The number of nitrogens with two attached hydrogens (primary N) is 1. The fraction of sp³-hybridized carbons (Fsp3) is 0.333. The van der Waals surface area contributed by atoms with Gasteiger partial charge in [0.25, 0.3) is 0 Å². The van der Waals surface area contributed by atoms with Gasteiger partial charge in [-0.25, -0.2) is 4.79 Å². The molecule has 6 heteroatoms. The number of carbonyl (C=O) groups is 2. The van der Waals surface area contributed by atoms with Crippen LogP contribution in [0.4, 0.5) is 4.79 Å². The second-order valence-corrected chi connectivity index (χ2v) is 3.82. The Labute approximate surface area is 105 Å². The summed E-state index contributed by atoms with van der Waals surface area (Å²) in [6.07, 6.45) is -1.92. The lowest BCUT2D eigenvalue weighted by atomic mass is 10.2. The number of rotatable bonds is 4. The zero-order chi connectivity index (χ0) is 13.5. The number of carbonyl (C=O) groups excluding carboxylic acids is 2. The smallest absolute Gasteiger partial charge is 0.414 e. The van der Waals surface area contributed by atoms with Gasteiger partial charge in [-0.2, -0.15) is 0 Å². The number of amides is 2. The molecule has 0 radical (unpaired) electrons. The average Bonchev–Trinajstić information content (AvgIpc) is 2.36. The summed E-state index contributed by atoms with van der Waals surface area (Å²) in [7, 11) is 0. The van der Waals surface area contributed by atoms with Crippen molar-refractivity contribution < 1.29 is 19.4 Å². The molecule has 0 aliphatic rings. The number of imide groups is 1. The second-order valence-electron chi connectivity index (χ2n) is 3.82. The highest BCUT2D eigenvalue weighted by molar-refractivity contribution is 5.95. The minimum absolute atomic E-state index is 0.0594. The third kappa shape index (κ3) is 4.52. The summed E-state index contributed by atoms with van der Waals surface area (Å²) in [5, 5.41) is 11.0. The molecule has 4 N–H and O–H groups in total. The fourth-order valence-electron chi connectivity index (χ4n) is 1.16. The Balaban J connectivity index is 2.36. The van der Waals surface area contributed by atoms with E-state index in [1.165, 1.54) is 6.92 Å². The Morgan fingerprint density at radius 2 is 2.00 bits per heavy atom. The van der Waals surface area contributed by atoms with Crippen molar-refractivity contribution in [1.29, 1.82) is 0 Å². The Bertz CT molecular complexity index is 406. The summed E-state index contributed by atoms with van der Waals surface area (Å²) >= 11 is 0. The highest BCUT2D eigenvalue weighted by Crippen LogP contribution is 2.00. The molecule has 6 nitrogen and oxygen atoms in total. The van der Waals surface area contributed by atoms with Crippen molar-refractivity contribution >= 4 is 12.0 Å². The van der Waals surface area contributed by atoms with Crippen LogP contribution >= 0.6 is 0 Å². The average molecular weight is 252 g/mol. The standard InChI is InChI=1S/C12H16N2O4/c1-8(15)10(13)11(16)14-12(17)18-7-9-5-3-2-4-6-9/h2-6,8,10,15H,7,13H2,1H3,(H,14,16,17). The van der Waals surface area contributed by atoms with E-state index in [2.05, 4.69) is 0 Å². The maximum atomic E-state index is 11.3. The predicted octanol–water partition coefficient (Wildman–Crippen LogP) is 0.147. The van der Waals surface area contributed by atoms with Crippen LogP contribution < -0.4 is 11.1 Å². The number of benzene rings is 1. The first kappa shape index (κ1) is 14.1. The van der Waals surface area contributed by atoms with Gasteiger partial charge in [0.05, 0.1) is 6.10 Å². The van der Waals surface area contributed by atoms with E-state index < -0.39 is 24.1 Å². The lowest BCUT2D eigenvalue weighted by molar-refractivity contribution is -0.123. The molecule has 0 saturated carbocycles. The van der Waals surface area contributed by atoms with Crippen LogP contribution in [0.2, 0.25) is 0 Å². The molecule has 0 aliphatic heterocycles. The molecule has 2 atom stereocenters. The quantitative estimate of drug-likeness (QED) is 0.708. The van der Waals surface area contributed by atoms with E-state index in [4.69, 9.17) is 15.6 Å². The van der Waals surface area contributed by atoms with Crippen LogP contribution in [0.25, 0.3) is 0 Å². The molecule has 1 rings (SSSR count). The minimum Gasteiger partial charge on any atom is -0.444 e. The van der Waals surface area contributed by atoms with Crippen LogP contribution in [0.1, 0.15) is 12.5 Å². The summed E-state index contributed by atoms with van der Waals surface area (Å²) in [5.41, 5.74) is 6.15. The summed E-state index contributed by atoms with van der Waals surface area (Å²) in [6.45, 7) is 1.42. The van der Waals surface area contributed by atoms with Gasteiger partial charge in [-0.1, -0.05) is 30.3 Å². The molecule has 0 saturated heterocycles. The van der Waals surface area contributed by atoms with Gasteiger partial charge in [-0.15, -0.1) is 0 Å². The Kier molecular flexibility index (Phi) is 5.29. The molecule has 0 heterocycles. The monoisotopic (exact) mass is 252 g/mol. The van der Waals surface area contributed by atoms with Crippen LogP contribution in [0.3, 0.4) is 0 Å². The number of aliphatic hydroxyl groups is 1. The van der Waals surface area contributed by atoms with E-state index in [1.54, 1.807) is 12.1 Å². The number of nitrogens with one attached hydrogen (secondary N) is 1. The molecule has 18 heavy (non-hydrogen) atoms. The van der Waals surface area contributed by atoms with E-state index in [9.17, 15) is 9.59 Å². The molecule has 1 aromatic rings. The summed E-state index contributed by atoms with van der Waals surface area (Å²) in [6, 6.07) is 7.88. The van der Waals surface area contributed by atoms with Crippen molar-refractivity contribution in [2.45, 2.75) is 25.7 Å². The molecule has 98 valence electrons. The minimum atomic E-state index is -1.16. The summed E-state index contributed by atoms with van der Waals surface area (Å²) in [4.78, 5) is 22.6. The normalized spacial score (nSPS) is 13.5. The molecular weight excluding hydrogens is 236 g/mol. The number of aliphatic hydroxyl groups excluding tert-OH is 1. The van der Waals surface area contributed by atoms with Gasteiger partial charge < -0.3 is 15.6 Å². The molecule has 0 bridgehead atoms. The number of ether oxygens (including phenoxy) is 1. The molecular formula is C12H16N2O4. The number of hydrogen-bond donors (Lipinski definition) is 3. The van der Waals surface area contributed by atoms with Crippen molar-refractivity contribution in [2.24, 2.45) is 5.73 Å². The van der Waals surface area contributed by atoms with Crippen LogP contribution in [0.5, 0.6) is 0 Å². The molecule has 0 aromatic heterocycles. The van der Waals surface area contributed by atoms with Gasteiger partial charge in [0.2, 0.25) is 5.91 Å². The lowest BCUT2D eigenvalue weighted by Crippen LogP contribution is -2.49. The van der Waals surface area contributed by atoms with Gasteiger partial charge in [0, 0.05) is 0 Å². The highest BCUT2D eigenvalue weighted by atomic mass is 16.5. The van der Waals surface area contributed by atoms with Crippen molar-refractivity contribution in [1.82, 2.24) is 5.32 Å². The molecule has 0 fully saturated rings. The van der Waals surface area contributed by atoms with E-state index in [0.717, 1.165) is 5.56 Å². The lowest BCUT2D eigenvalue weighted by Gasteiger charge is -2.13. The maximum absolute atomic E-state index is 11.3. The topological polar surface area (TPSA) is 102 Å². The summed E-state index contributed by atoms with van der Waals surface area (Å²) in [5.74, 6) is -0.775. The summed E-state index contributed by atoms with van der Waals surface area (Å²) < 4.78 is 4.82. The Morgan fingerprint density at radius 3 is 2.56 bits per heavy atom. The number of alkyl carbamates (subject to hydrolysis) is 1. The van der Waals surface area contributed by atoms with Gasteiger partial charge in [-0.05, 0) is 12.5 Å². The van der Waals surface area contributed by atoms with Crippen molar-refractivity contribution in [3.8, 4) is 0 Å². The van der Waals surface area contributed by atoms with Gasteiger partial charge >= 0.3 is 6.09 Å². The first-order valence-corrected chi connectivity index (χ1v) is 5.46. The van der Waals surface area contributed by atoms with Crippen LogP contribution in [-0.4, -0.2) is 29.3 Å². The number of hydrogen-bond acceptors (Lipinski definition) is 5. The van der Waals surface area contributed by atoms with Crippen LogP contribution in [0, 0.1) is 0 Å². The van der Waals surface area contributed by atoms with Crippen molar-refractivity contribution in [3.63, 3.8) is 0 Å². The molecule has 0 spiro atoms.